The minimum Gasteiger partial charge on any atom is -0.373 e. The summed E-state index contributed by atoms with van der Waals surface area (Å²) in [5, 5.41) is 3.34. The van der Waals surface area contributed by atoms with Crippen molar-refractivity contribution >= 4 is 23.4 Å². The first-order chi connectivity index (χ1) is 14.5. The normalized spacial score (nSPS) is 19.4. The number of benzene rings is 1. The number of carbonyl (C=O) groups is 2. The largest absolute Gasteiger partial charge is 0.373 e. The van der Waals surface area contributed by atoms with Gasteiger partial charge in [0.05, 0.1) is 35.5 Å². The fourth-order valence-corrected chi connectivity index (χ4v) is 4.88. The van der Waals surface area contributed by atoms with Crippen LogP contribution in [-0.4, -0.2) is 40.5 Å². The number of hydrogen-bond acceptors (Lipinski definition) is 3. The SMILES string of the molecule is CC[C@@H](NC(=O)c1c(Cl)c(C(=O)N2CCCC2C)n2c1COCC2)c1ccccc1. The molecular weight excluding hydrogens is 402 g/mol. The number of aromatic nitrogens is 1. The number of carbonyl (C=O) groups excluding carboxylic acids is 2. The number of amides is 2. The Morgan fingerprint density at radius 1 is 1.27 bits per heavy atom. The molecule has 1 unspecified atom stereocenters. The molecule has 0 radical (unpaired) electrons. The molecule has 1 saturated heterocycles. The summed E-state index contributed by atoms with van der Waals surface area (Å²) in [6.07, 6.45) is 2.73. The van der Waals surface area contributed by atoms with Crippen LogP contribution in [0.3, 0.4) is 0 Å². The third-order valence-corrected chi connectivity index (χ3v) is 6.54. The van der Waals surface area contributed by atoms with Gasteiger partial charge < -0.3 is 19.5 Å². The van der Waals surface area contributed by atoms with Gasteiger partial charge in [0.15, 0.2) is 0 Å². The summed E-state index contributed by atoms with van der Waals surface area (Å²) < 4.78 is 7.50. The van der Waals surface area contributed by atoms with E-state index >= 15 is 0 Å². The van der Waals surface area contributed by atoms with E-state index in [1.807, 2.05) is 46.7 Å². The van der Waals surface area contributed by atoms with Gasteiger partial charge in [-0.25, -0.2) is 0 Å². The van der Waals surface area contributed by atoms with E-state index in [1.165, 1.54) is 0 Å². The van der Waals surface area contributed by atoms with Crippen LogP contribution in [0.4, 0.5) is 0 Å². The van der Waals surface area contributed by atoms with Gasteiger partial charge in [-0.3, -0.25) is 9.59 Å². The molecule has 1 N–H and O–H groups in total. The average molecular weight is 430 g/mol. The highest BCUT2D eigenvalue weighted by Gasteiger charge is 2.36. The lowest BCUT2D eigenvalue weighted by molar-refractivity contribution is 0.0684. The highest BCUT2D eigenvalue weighted by Crippen LogP contribution is 2.34. The Kier molecular flexibility index (Phi) is 6.16. The van der Waals surface area contributed by atoms with Crippen molar-refractivity contribution in [1.29, 1.82) is 0 Å². The molecule has 1 aromatic heterocycles. The van der Waals surface area contributed by atoms with Crippen molar-refractivity contribution in [2.24, 2.45) is 0 Å². The Labute approximate surface area is 182 Å². The fourth-order valence-electron chi connectivity index (χ4n) is 4.50. The zero-order valence-corrected chi connectivity index (χ0v) is 18.2. The second kappa shape index (κ2) is 8.82. The highest BCUT2D eigenvalue weighted by atomic mass is 35.5. The lowest BCUT2D eigenvalue weighted by atomic mass is 10.0. The number of nitrogens with zero attached hydrogens (tertiary/aromatic N) is 2. The number of hydrogen-bond donors (Lipinski definition) is 1. The van der Waals surface area contributed by atoms with Crippen molar-refractivity contribution in [3.63, 3.8) is 0 Å². The van der Waals surface area contributed by atoms with Crippen molar-refractivity contribution < 1.29 is 14.3 Å². The number of rotatable bonds is 5. The van der Waals surface area contributed by atoms with Crippen LogP contribution in [-0.2, 0) is 17.9 Å². The molecule has 0 bridgehead atoms. The molecule has 160 valence electrons. The zero-order valence-electron chi connectivity index (χ0n) is 17.5. The Morgan fingerprint density at radius 2 is 2.03 bits per heavy atom. The van der Waals surface area contributed by atoms with Crippen molar-refractivity contribution in [1.82, 2.24) is 14.8 Å². The number of likely N-dealkylation sites (tertiary alicyclic amines) is 1. The van der Waals surface area contributed by atoms with E-state index in [9.17, 15) is 9.59 Å². The molecule has 2 amide bonds. The van der Waals surface area contributed by atoms with Crippen LogP contribution in [0.1, 0.15) is 71.3 Å². The van der Waals surface area contributed by atoms with Crippen LogP contribution in [0.15, 0.2) is 30.3 Å². The first kappa shape index (κ1) is 20.9. The lowest BCUT2D eigenvalue weighted by Crippen LogP contribution is -2.36. The minimum atomic E-state index is -0.265. The molecule has 0 saturated carbocycles. The lowest BCUT2D eigenvalue weighted by Gasteiger charge is -2.24. The molecule has 30 heavy (non-hydrogen) atoms. The quantitative estimate of drug-likeness (QED) is 0.775. The van der Waals surface area contributed by atoms with E-state index in [0.717, 1.165) is 31.4 Å². The van der Waals surface area contributed by atoms with E-state index in [2.05, 4.69) is 12.2 Å². The van der Waals surface area contributed by atoms with E-state index in [1.54, 1.807) is 0 Å². The monoisotopic (exact) mass is 429 g/mol. The summed E-state index contributed by atoms with van der Waals surface area (Å²) in [5.74, 6) is -0.360. The molecule has 0 spiro atoms. The summed E-state index contributed by atoms with van der Waals surface area (Å²) in [6.45, 7) is 6.09. The van der Waals surface area contributed by atoms with Gasteiger partial charge in [-0.05, 0) is 31.7 Å². The van der Waals surface area contributed by atoms with Crippen LogP contribution in [0.5, 0.6) is 0 Å². The first-order valence-electron chi connectivity index (χ1n) is 10.7. The van der Waals surface area contributed by atoms with Crippen molar-refractivity contribution in [3.8, 4) is 0 Å². The van der Waals surface area contributed by atoms with Gasteiger partial charge in [0, 0.05) is 19.1 Å². The summed E-state index contributed by atoms with van der Waals surface area (Å²) in [4.78, 5) is 28.5. The van der Waals surface area contributed by atoms with Gasteiger partial charge >= 0.3 is 0 Å². The Balaban J connectivity index is 1.69. The van der Waals surface area contributed by atoms with Crippen molar-refractivity contribution in [2.75, 3.05) is 13.2 Å². The predicted molar refractivity (Wildman–Crippen MR) is 116 cm³/mol. The van der Waals surface area contributed by atoms with Gasteiger partial charge in [0.1, 0.15) is 5.69 Å². The second-order valence-electron chi connectivity index (χ2n) is 8.02. The molecule has 7 heteroatoms. The van der Waals surface area contributed by atoms with E-state index in [4.69, 9.17) is 16.3 Å². The molecular formula is C23H28ClN3O3. The highest BCUT2D eigenvalue weighted by molar-refractivity contribution is 6.37. The number of fused-ring (bicyclic) bond motifs is 1. The van der Waals surface area contributed by atoms with E-state index in [0.29, 0.717) is 30.1 Å². The minimum absolute atomic E-state index is 0.0951. The molecule has 1 fully saturated rings. The average Bonchev–Trinajstić information content (AvgIpc) is 3.32. The van der Waals surface area contributed by atoms with Crippen LogP contribution in [0, 0.1) is 0 Å². The predicted octanol–water partition coefficient (Wildman–Crippen LogP) is 4.18. The number of nitrogens with one attached hydrogen (secondary N) is 1. The maximum Gasteiger partial charge on any atom is 0.272 e. The Morgan fingerprint density at radius 3 is 2.70 bits per heavy atom. The van der Waals surface area contributed by atoms with Crippen LogP contribution < -0.4 is 5.32 Å². The maximum atomic E-state index is 13.3. The zero-order chi connectivity index (χ0) is 21.3. The summed E-state index contributed by atoms with van der Waals surface area (Å²) >= 11 is 6.72. The molecule has 3 heterocycles. The van der Waals surface area contributed by atoms with Gasteiger partial charge in [-0.2, -0.15) is 0 Å². The Hall–Kier alpha value is -2.31. The first-order valence-corrected chi connectivity index (χ1v) is 11.1. The van der Waals surface area contributed by atoms with E-state index in [-0.39, 0.29) is 35.5 Å². The van der Waals surface area contributed by atoms with Crippen LogP contribution in [0.25, 0.3) is 0 Å². The molecule has 6 nitrogen and oxygen atoms in total. The van der Waals surface area contributed by atoms with Crippen molar-refractivity contribution in [3.05, 3.63) is 57.9 Å². The third-order valence-electron chi connectivity index (χ3n) is 6.17. The molecule has 2 aromatic rings. The Bertz CT molecular complexity index is 941. The van der Waals surface area contributed by atoms with Gasteiger partial charge in [-0.1, -0.05) is 48.9 Å². The molecule has 2 aliphatic rings. The molecule has 0 aliphatic carbocycles. The maximum absolute atomic E-state index is 13.3. The van der Waals surface area contributed by atoms with Crippen molar-refractivity contribution in [2.45, 2.75) is 58.3 Å². The molecule has 2 aliphatic heterocycles. The number of ether oxygens (including phenoxy) is 1. The molecule has 1 aromatic carbocycles. The standard InChI is InChI=1S/C23H28ClN3O3/c1-3-17(16-9-5-4-6-10-16)25-22(28)19-18-14-30-13-12-27(18)21(20(19)24)23(29)26-11-7-8-15(26)2/h4-6,9-10,15,17H,3,7-8,11-14H2,1-2H3,(H,25,28)/t15?,17-/m1/s1. The summed E-state index contributed by atoms with van der Waals surface area (Å²) in [7, 11) is 0. The smallest absolute Gasteiger partial charge is 0.272 e. The topological polar surface area (TPSA) is 63.6 Å². The van der Waals surface area contributed by atoms with Gasteiger partial charge in [-0.15, -0.1) is 0 Å². The van der Waals surface area contributed by atoms with E-state index < -0.39 is 0 Å². The second-order valence-corrected chi connectivity index (χ2v) is 8.40. The molecule has 4 rings (SSSR count). The van der Waals surface area contributed by atoms with Gasteiger partial charge in [0.2, 0.25) is 0 Å². The summed E-state index contributed by atoms with van der Waals surface area (Å²) in [6, 6.07) is 9.91. The van der Waals surface area contributed by atoms with Crippen LogP contribution in [0.2, 0.25) is 5.02 Å². The summed E-state index contributed by atoms with van der Waals surface area (Å²) in [5.41, 5.74) is 2.50. The number of halogens is 1. The third kappa shape index (κ3) is 3.74. The van der Waals surface area contributed by atoms with Gasteiger partial charge in [0.25, 0.3) is 11.8 Å². The fraction of sp³-hybridized carbons (Fsp3) is 0.478. The van der Waals surface area contributed by atoms with Crippen LogP contribution >= 0.6 is 11.6 Å². The molecule has 2 atom stereocenters.